The number of hydrogen-bond acceptors (Lipinski definition) is 7. The molecule has 215 valence electrons. The number of fused-ring (bicyclic) bond motifs is 1. The van der Waals surface area contributed by atoms with Crippen molar-refractivity contribution in [2.45, 2.75) is 52.7 Å². The second-order valence-electron chi connectivity index (χ2n) is 10.7. The Bertz CT molecular complexity index is 1450. The normalized spacial score (nSPS) is 16.9. The molecule has 41 heavy (non-hydrogen) atoms. The Morgan fingerprint density at radius 1 is 1.20 bits per heavy atom. The molecule has 0 spiro atoms. The molecule has 2 atom stereocenters. The predicted molar refractivity (Wildman–Crippen MR) is 154 cm³/mol. The maximum atomic E-state index is 14.1. The molecule has 0 bridgehead atoms. The molecule has 0 saturated heterocycles. The number of thiazole rings is 1. The van der Waals surface area contributed by atoms with Crippen molar-refractivity contribution < 1.29 is 73.4 Å². The Morgan fingerprint density at radius 3 is 2.61 bits per heavy atom. The largest absolute Gasteiger partial charge is 0.481 e. The SMILES string of the molecule is Cc1cccc([C@H]2O[C@H](CC(=O)Nc3nc(CC(=O)O)cs3)C(=O)N(CC(C)(C)CO)c3ccc(Cl)cc32)c1C.[Ac]. The monoisotopic (exact) mass is 812 g/mol. The zero-order valence-corrected chi connectivity index (χ0v) is 29.6. The van der Waals surface area contributed by atoms with Crippen molar-refractivity contribution >= 4 is 51.5 Å². The molecule has 0 unspecified atom stereocenters. The Hall–Kier alpha value is -1.87. The summed E-state index contributed by atoms with van der Waals surface area (Å²) < 4.78 is 6.50. The Morgan fingerprint density at radius 2 is 1.93 bits per heavy atom. The van der Waals surface area contributed by atoms with Crippen LogP contribution in [-0.4, -0.2) is 52.2 Å². The maximum Gasteiger partial charge on any atom is 0.309 e. The van der Waals surface area contributed by atoms with Crippen molar-refractivity contribution in [3.63, 3.8) is 0 Å². The predicted octanol–water partition coefficient (Wildman–Crippen LogP) is 4.91. The van der Waals surface area contributed by atoms with Crippen LogP contribution in [-0.2, 0) is 25.5 Å². The summed E-state index contributed by atoms with van der Waals surface area (Å²) in [6.07, 6.45) is -2.42. The molecule has 2 heterocycles. The maximum absolute atomic E-state index is 14.1. The molecule has 12 heteroatoms. The van der Waals surface area contributed by atoms with Crippen LogP contribution in [0, 0.1) is 63.3 Å². The molecule has 4 rings (SSSR count). The van der Waals surface area contributed by atoms with E-state index in [-0.39, 0.29) is 75.2 Å². The average Bonchev–Trinajstić information content (AvgIpc) is 3.28. The summed E-state index contributed by atoms with van der Waals surface area (Å²) in [6, 6.07) is 11.1. The minimum absolute atomic E-state index is 0. The van der Waals surface area contributed by atoms with Crippen molar-refractivity contribution in [1.82, 2.24) is 4.98 Å². The van der Waals surface area contributed by atoms with Crippen molar-refractivity contribution in [2.24, 2.45) is 5.41 Å². The number of aliphatic hydroxyl groups excluding tert-OH is 1. The van der Waals surface area contributed by atoms with Crippen molar-refractivity contribution in [2.75, 3.05) is 23.4 Å². The topological polar surface area (TPSA) is 129 Å². The van der Waals surface area contributed by atoms with Crippen LogP contribution in [0.5, 0.6) is 0 Å². The molecular weight excluding hydrogens is 781 g/mol. The van der Waals surface area contributed by atoms with Gasteiger partial charge in [-0.2, -0.15) is 0 Å². The van der Waals surface area contributed by atoms with Crippen LogP contribution in [0.15, 0.2) is 41.8 Å². The second-order valence-corrected chi connectivity index (χ2v) is 12.0. The van der Waals surface area contributed by atoms with Gasteiger partial charge in [0.1, 0.15) is 12.2 Å². The fraction of sp³-hybridized carbons (Fsp3) is 0.379. The zero-order valence-electron chi connectivity index (χ0n) is 23.3. The minimum Gasteiger partial charge on any atom is -0.481 e. The molecular formula is C29H32AcClN3O6S. The number of aromatic nitrogens is 1. The fourth-order valence-corrected chi connectivity index (χ4v) is 5.49. The number of nitrogens with one attached hydrogen (secondary N) is 1. The van der Waals surface area contributed by atoms with E-state index < -0.39 is 35.4 Å². The van der Waals surface area contributed by atoms with Gasteiger partial charge in [-0.25, -0.2) is 4.98 Å². The summed E-state index contributed by atoms with van der Waals surface area (Å²) in [7, 11) is 0. The van der Waals surface area contributed by atoms with Crippen LogP contribution in [0.2, 0.25) is 5.02 Å². The average molecular weight is 813 g/mol. The van der Waals surface area contributed by atoms with E-state index in [1.807, 2.05) is 45.9 Å². The summed E-state index contributed by atoms with van der Waals surface area (Å²) in [5.74, 6) is -1.94. The van der Waals surface area contributed by atoms with E-state index in [2.05, 4.69) is 10.3 Å². The van der Waals surface area contributed by atoms with Crippen molar-refractivity contribution in [3.8, 4) is 0 Å². The number of carbonyl (C=O) groups excluding carboxylic acids is 2. The first-order chi connectivity index (χ1) is 18.9. The summed E-state index contributed by atoms with van der Waals surface area (Å²) in [5, 5.41) is 23.9. The van der Waals surface area contributed by atoms with Crippen molar-refractivity contribution in [3.05, 3.63) is 74.7 Å². The van der Waals surface area contributed by atoms with E-state index in [1.54, 1.807) is 28.5 Å². The van der Waals surface area contributed by atoms with Crippen LogP contribution in [0.3, 0.4) is 0 Å². The van der Waals surface area contributed by atoms with Crippen molar-refractivity contribution in [1.29, 1.82) is 0 Å². The van der Waals surface area contributed by atoms with E-state index in [0.29, 0.717) is 22.0 Å². The number of amides is 2. The van der Waals surface area contributed by atoms with Crippen LogP contribution < -0.4 is 10.2 Å². The van der Waals surface area contributed by atoms with Crippen LogP contribution in [0.1, 0.15) is 54.3 Å². The number of aliphatic carboxylic acids is 1. The first-order valence-corrected chi connectivity index (χ1v) is 14.0. The number of aliphatic hydroxyl groups is 1. The van der Waals surface area contributed by atoms with Crippen LogP contribution >= 0.6 is 22.9 Å². The van der Waals surface area contributed by atoms with Gasteiger partial charge in [-0.05, 0) is 48.7 Å². The van der Waals surface area contributed by atoms with Gasteiger partial charge in [0.2, 0.25) is 5.91 Å². The number of carbonyl (C=O) groups is 3. The summed E-state index contributed by atoms with van der Waals surface area (Å²) in [6.45, 7) is 7.70. The molecule has 3 N–H and O–H groups in total. The number of rotatable bonds is 9. The van der Waals surface area contributed by atoms with Gasteiger partial charge in [0, 0.05) is 84.3 Å². The van der Waals surface area contributed by atoms with E-state index in [0.717, 1.165) is 28.0 Å². The third kappa shape index (κ3) is 8.15. The molecule has 9 nitrogen and oxygen atoms in total. The first kappa shape index (κ1) is 33.6. The van der Waals surface area contributed by atoms with Gasteiger partial charge in [-0.15, -0.1) is 11.3 Å². The Kier molecular flexibility index (Phi) is 11.5. The number of anilines is 2. The first-order valence-electron chi connectivity index (χ1n) is 12.8. The molecule has 1 aliphatic heterocycles. The van der Waals surface area contributed by atoms with Gasteiger partial charge in [-0.1, -0.05) is 43.6 Å². The van der Waals surface area contributed by atoms with E-state index >= 15 is 0 Å². The minimum atomic E-state index is -1.16. The molecule has 0 saturated carbocycles. The molecule has 2 amide bonds. The molecule has 0 fully saturated rings. The zero-order chi connectivity index (χ0) is 29.2. The van der Waals surface area contributed by atoms with Crippen LogP contribution in [0.4, 0.5) is 10.8 Å². The second kappa shape index (κ2) is 14.1. The number of carboxylic acids is 1. The Balaban J connectivity index is 0.00000462. The van der Waals surface area contributed by atoms with Gasteiger partial charge in [0.25, 0.3) is 5.91 Å². The summed E-state index contributed by atoms with van der Waals surface area (Å²) in [5.41, 5.74) is 3.87. The molecule has 1 aromatic heterocycles. The van der Waals surface area contributed by atoms with E-state index in [4.69, 9.17) is 21.4 Å². The van der Waals surface area contributed by atoms with Gasteiger partial charge >= 0.3 is 5.97 Å². The molecule has 3 aromatic rings. The third-order valence-corrected chi connectivity index (χ3v) is 7.89. The molecule has 1 radical (unpaired) electrons. The van der Waals surface area contributed by atoms with Gasteiger partial charge in [0.15, 0.2) is 5.13 Å². The smallest absolute Gasteiger partial charge is 0.309 e. The van der Waals surface area contributed by atoms with E-state index in [1.165, 1.54) is 0 Å². The number of ether oxygens (including phenoxy) is 1. The fourth-order valence-electron chi connectivity index (χ4n) is 4.58. The van der Waals surface area contributed by atoms with E-state index in [9.17, 15) is 19.5 Å². The number of carboxylic acid groups (broad SMARTS) is 1. The standard InChI is InChI=1S/C29H32ClN3O6S.Ac/c1-16-6-5-7-20(17(16)2)26-21-10-18(30)8-9-22(21)33(14-29(3,4)15-34)27(38)23(39-26)12-24(35)32-28-31-19(13-40-28)11-25(36)37;/h5-10,13,23,26,34H,11-12,14-15H2,1-4H3,(H,36,37)(H,31,32,35);/t23-,26-;/m1./s1. The van der Waals surface area contributed by atoms with Gasteiger partial charge < -0.3 is 25.2 Å². The van der Waals surface area contributed by atoms with Gasteiger partial charge in [0.05, 0.1) is 18.5 Å². The summed E-state index contributed by atoms with van der Waals surface area (Å²) in [4.78, 5) is 43.9. The molecule has 0 aliphatic carbocycles. The molecule has 1 aliphatic rings. The number of hydrogen-bond donors (Lipinski definition) is 3. The molecule has 2 aromatic carbocycles. The van der Waals surface area contributed by atoms with Crippen LogP contribution in [0.25, 0.3) is 0 Å². The van der Waals surface area contributed by atoms with Gasteiger partial charge in [-0.3, -0.25) is 14.4 Å². The number of benzene rings is 2. The quantitative estimate of drug-likeness (QED) is 0.280. The number of nitrogens with zero attached hydrogens (tertiary/aromatic N) is 2. The number of halogens is 1. The number of aryl methyl sites for hydroxylation is 1. The third-order valence-electron chi connectivity index (χ3n) is 6.85. The Labute approximate surface area is 283 Å². The summed E-state index contributed by atoms with van der Waals surface area (Å²) >= 11 is 7.54.